The standard InChI is InChI=1S/C12H16ClNO2S/c13-10-2-6-12(7-3-10)17(15,16)9-1-8-14-11-4-5-11/h2-3,6-7,11,14H,1,4-5,8-9H2. The van der Waals surface area contributed by atoms with Crippen molar-refractivity contribution in [3.8, 4) is 0 Å². The fourth-order valence-electron chi connectivity index (χ4n) is 1.62. The fourth-order valence-corrected chi connectivity index (χ4v) is 3.05. The molecule has 17 heavy (non-hydrogen) atoms. The summed E-state index contributed by atoms with van der Waals surface area (Å²) in [5.74, 6) is 0.189. The smallest absolute Gasteiger partial charge is 0.178 e. The Balaban J connectivity index is 1.86. The monoisotopic (exact) mass is 273 g/mol. The van der Waals surface area contributed by atoms with E-state index in [1.165, 1.54) is 12.8 Å². The van der Waals surface area contributed by atoms with Crippen LogP contribution >= 0.6 is 11.6 Å². The van der Waals surface area contributed by atoms with Gasteiger partial charge in [-0.2, -0.15) is 0 Å². The largest absolute Gasteiger partial charge is 0.314 e. The molecule has 0 aromatic heterocycles. The second-order valence-electron chi connectivity index (χ2n) is 4.35. The molecule has 1 aromatic carbocycles. The quantitative estimate of drug-likeness (QED) is 0.809. The average molecular weight is 274 g/mol. The first-order valence-corrected chi connectivity index (χ1v) is 7.83. The molecule has 1 aliphatic carbocycles. The first-order chi connectivity index (χ1) is 8.08. The van der Waals surface area contributed by atoms with Crippen LogP contribution < -0.4 is 5.32 Å². The van der Waals surface area contributed by atoms with Crippen molar-refractivity contribution in [1.29, 1.82) is 0 Å². The molecule has 0 heterocycles. The third kappa shape index (κ3) is 3.98. The Morgan fingerprint density at radius 2 is 1.88 bits per heavy atom. The maximum atomic E-state index is 11.9. The Morgan fingerprint density at radius 1 is 1.24 bits per heavy atom. The second-order valence-corrected chi connectivity index (χ2v) is 6.90. The normalized spacial score (nSPS) is 16.1. The molecule has 0 unspecified atom stereocenters. The molecule has 0 spiro atoms. The number of sulfone groups is 1. The van der Waals surface area contributed by atoms with Gasteiger partial charge in [0, 0.05) is 11.1 Å². The Morgan fingerprint density at radius 3 is 2.47 bits per heavy atom. The third-order valence-corrected chi connectivity index (χ3v) is 4.84. The minimum absolute atomic E-state index is 0.189. The maximum Gasteiger partial charge on any atom is 0.178 e. The molecule has 1 aromatic rings. The van der Waals surface area contributed by atoms with E-state index in [4.69, 9.17) is 11.6 Å². The van der Waals surface area contributed by atoms with Gasteiger partial charge in [-0.3, -0.25) is 0 Å². The zero-order chi connectivity index (χ0) is 12.3. The summed E-state index contributed by atoms with van der Waals surface area (Å²) in [5, 5.41) is 3.86. The van der Waals surface area contributed by atoms with Gasteiger partial charge in [-0.25, -0.2) is 8.42 Å². The molecule has 5 heteroatoms. The van der Waals surface area contributed by atoms with Crippen molar-refractivity contribution in [2.75, 3.05) is 12.3 Å². The van der Waals surface area contributed by atoms with Crippen molar-refractivity contribution in [2.24, 2.45) is 0 Å². The molecule has 94 valence electrons. The number of hydrogen-bond donors (Lipinski definition) is 1. The predicted octanol–water partition coefficient (Wildman–Crippen LogP) is 2.26. The number of nitrogens with one attached hydrogen (secondary N) is 1. The minimum atomic E-state index is -3.15. The summed E-state index contributed by atoms with van der Waals surface area (Å²) in [5.41, 5.74) is 0. The van der Waals surface area contributed by atoms with Crippen molar-refractivity contribution in [3.05, 3.63) is 29.3 Å². The summed E-state index contributed by atoms with van der Waals surface area (Å²) < 4.78 is 23.9. The molecular formula is C12H16ClNO2S. The molecule has 1 fully saturated rings. The number of halogens is 1. The van der Waals surface area contributed by atoms with Crippen LogP contribution in [0.2, 0.25) is 5.02 Å². The Labute approximate surface area is 107 Å². The van der Waals surface area contributed by atoms with Crippen LogP contribution in [0.4, 0.5) is 0 Å². The molecule has 1 saturated carbocycles. The van der Waals surface area contributed by atoms with Gasteiger partial charge in [-0.05, 0) is 50.1 Å². The highest BCUT2D eigenvalue weighted by molar-refractivity contribution is 7.91. The molecule has 0 saturated heterocycles. The molecule has 0 bridgehead atoms. The summed E-state index contributed by atoms with van der Waals surface area (Å²) in [6.07, 6.45) is 3.11. The van der Waals surface area contributed by atoms with Gasteiger partial charge in [-0.1, -0.05) is 11.6 Å². The number of hydrogen-bond acceptors (Lipinski definition) is 3. The van der Waals surface area contributed by atoms with Gasteiger partial charge in [0.1, 0.15) is 0 Å². The first kappa shape index (κ1) is 12.9. The summed E-state index contributed by atoms with van der Waals surface area (Å²) in [6, 6.07) is 6.97. The van der Waals surface area contributed by atoms with E-state index < -0.39 is 9.84 Å². The van der Waals surface area contributed by atoms with E-state index >= 15 is 0 Å². The molecule has 1 aliphatic rings. The molecule has 0 amide bonds. The van der Waals surface area contributed by atoms with Gasteiger partial charge in [0.2, 0.25) is 0 Å². The highest BCUT2D eigenvalue weighted by Crippen LogP contribution is 2.19. The van der Waals surface area contributed by atoms with Gasteiger partial charge < -0.3 is 5.32 Å². The van der Waals surface area contributed by atoms with Crippen molar-refractivity contribution in [3.63, 3.8) is 0 Å². The fraction of sp³-hybridized carbons (Fsp3) is 0.500. The highest BCUT2D eigenvalue weighted by Gasteiger charge is 2.20. The lowest BCUT2D eigenvalue weighted by atomic mass is 10.4. The predicted molar refractivity (Wildman–Crippen MR) is 69.1 cm³/mol. The van der Waals surface area contributed by atoms with Gasteiger partial charge in [-0.15, -0.1) is 0 Å². The Hall–Kier alpha value is -0.580. The van der Waals surface area contributed by atoms with E-state index in [0.717, 1.165) is 6.54 Å². The van der Waals surface area contributed by atoms with E-state index in [9.17, 15) is 8.42 Å². The molecule has 3 nitrogen and oxygen atoms in total. The molecular weight excluding hydrogens is 258 g/mol. The number of rotatable bonds is 6. The van der Waals surface area contributed by atoms with Crippen LogP contribution in [0.3, 0.4) is 0 Å². The lowest BCUT2D eigenvalue weighted by Crippen LogP contribution is -2.20. The average Bonchev–Trinajstić information content (AvgIpc) is 3.09. The van der Waals surface area contributed by atoms with Gasteiger partial charge in [0.25, 0.3) is 0 Å². The van der Waals surface area contributed by atoms with E-state index in [2.05, 4.69) is 5.32 Å². The Kier molecular flexibility index (Phi) is 4.07. The van der Waals surface area contributed by atoms with E-state index in [1.807, 2.05) is 0 Å². The topological polar surface area (TPSA) is 46.2 Å². The maximum absolute atomic E-state index is 11.9. The van der Waals surface area contributed by atoms with Crippen LogP contribution in [0.15, 0.2) is 29.2 Å². The van der Waals surface area contributed by atoms with Crippen molar-refractivity contribution >= 4 is 21.4 Å². The highest BCUT2D eigenvalue weighted by atomic mass is 35.5. The zero-order valence-electron chi connectivity index (χ0n) is 9.52. The molecule has 0 aliphatic heterocycles. The molecule has 1 N–H and O–H groups in total. The van der Waals surface area contributed by atoms with Gasteiger partial charge >= 0.3 is 0 Å². The van der Waals surface area contributed by atoms with Crippen molar-refractivity contribution < 1.29 is 8.42 Å². The van der Waals surface area contributed by atoms with Crippen LogP contribution in [-0.4, -0.2) is 26.8 Å². The second kappa shape index (κ2) is 5.38. The van der Waals surface area contributed by atoms with Crippen LogP contribution in [0, 0.1) is 0 Å². The Bertz CT molecular complexity index is 466. The summed E-state index contributed by atoms with van der Waals surface area (Å²) >= 11 is 5.73. The zero-order valence-corrected chi connectivity index (χ0v) is 11.1. The summed E-state index contributed by atoms with van der Waals surface area (Å²) in [4.78, 5) is 0.355. The van der Waals surface area contributed by atoms with Gasteiger partial charge in [0.05, 0.1) is 10.6 Å². The van der Waals surface area contributed by atoms with E-state index in [0.29, 0.717) is 22.4 Å². The van der Waals surface area contributed by atoms with E-state index in [-0.39, 0.29) is 5.75 Å². The summed E-state index contributed by atoms with van der Waals surface area (Å²) in [7, 11) is -3.15. The van der Waals surface area contributed by atoms with Crippen LogP contribution in [0.25, 0.3) is 0 Å². The van der Waals surface area contributed by atoms with Crippen molar-refractivity contribution in [2.45, 2.75) is 30.2 Å². The van der Waals surface area contributed by atoms with Crippen LogP contribution in [0.5, 0.6) is 0 Å². The van der Waals surface area contributed by atoms with Crippen LogP contribution in [0.1, 0.15) is 19.3 Å². The van der Waals surface area contributed by atoms with Crippen LogP contribution in [-0.2, 0) is 9.84 Å². The van der Waals surface area contributed by atoms with E-state index in [1.54, 1.807) is 24.3 Å². The summed E-state index contributed by atoms with van der Waals surface area (Å²) in [6.45, 7) is 0.775. The molecule has 2 rings (SSSR count). The third-order valence-electron chi connectivity index (χ3n) is 2.77. The van der Waals surface area contributed by atoms with Crippen molar-refractivity contribution in [1.82, 2.24) is 5.32 Å². The minimum Gasteiger partial charge on any atom is -0.314 e. The molecule has 0 radical (unpaired) electrons. The first-order valence-electron chi connectivity index (χ1n) is 5.80. The number of benzene rings is 1. The SMILES string of the molecule is O=S(=O)(CCCNC1CC1)c1ccc(Cl)cc1. The molecule has 0 atom stereocenters. The lowest BCUT2D eigenvalue weighted by molar-refractivity contribution is 0.588. The lowest BCUT2D eigenvalue weighted by Gasteiger charge is -2.05. The van der Waals surface area contributed by atoms with Gasteiger partial charge in [0.15, 0.2) is 9.84 Å².